The maximum Gasteiger partial charge on any atom is 0.248 e. The van der Waals surface area contributed by atoms with Gasteiger partial charge < -0.3 is 10.4 Å². The van der Waals surface area contributed by atoms with Gasteiger partial charge in [-0.25, -0.2) is 13.8 Å². The van der Waals surface area contributed by atoms with Crippen LogP contribution in [0, 0.1) is 23.0 Å². The lowest BCUT2D eigenvalue weighted by atomic mass is 9.77. The van der Waals surface area contributed by atoms with Crippen LogP contribution in [-0.4, -0.2) is 35.4 Å². The van der Waals surface area contributed by atoms with Crippen LogP contribution in [-0.2, 0) is 4.79 Å². The fraction of sp³-hybridized carbons (Fsp3) is 0.533. The molecule has 0 spiro atoms. The van der Waals surface area contributed by atoms with Crippen LogP contribution in [0.3, 0.4) is 0 Å². The third kappa shape index (κ3) is 7.32. The molecule has 1 aliphatic heterocycles. The van der Waals surface area contributed by atoms with E-state index >= 15 is 4.39 Å². The predicted octanol–water partition coefficient (Wildman–Crippen LogP) is 7.35. The number of hydrogen-bond donors (Lipinski definition) is 2. The van der Waals surface area contributed by atoms with Gasteiger partial charge in [0.25, 0.3) is 0 Å². The number of unbranched alkanes of at least 4 members (excludes halogenated alkanes) is 1. The zero-order chi connectivity index (χ0) is 28.5. The first-order chi connectivity index (χ1) is 18.0. The Balaban J connectivity index is 0.00000247. The Kier molecular flexibility index (Phi) is 11.7. The molecule has 0 radical (unpaired) electrons. The van der Waals surface area contributed by atoms with Crippen LogP contribution in [0.25, 0.3) is 0 Å². The Hall–Kier alpha value is -2.51. The van der Waals surface area contributed by atoms with Crippen molar-refractivity contribution in [2.75, 3.05) is 18.2 Å². The van der Waals surface area contributed by atoms with E-state index < -0.39 is 11.4 Å². The number of carbonyl (C=O) groups excluding carboxylic acids is 1. The first kappa shape index (κ1) is 31.7. The molecule has 2 atom stereocenters. The van der Waals surface area contributed by atoms with E-state index in [1.54, 1.807) is 25.1 Å². The number of rotatable bonds is 11. The SMILES string of the molecule is CC.CCCCC1C(c2ccc(F)cc2)=NN(c2ccc(Cl)cc2F)C1(C)C(=O)NCCCC(C)(C)CO. The average Bonchev–Trinajstić information content (AvgIpc) is 3.19. The highest BCUT2D eigenvalue weighted by Crippen LogP contribution is 2.43. The molecule has 2 aromatic carbocycles. The molecule has 1 aliphatic rings. The van der Waals surface area contributed by atoms with E-state index in [0.717, 1.165) is 19.3 Å². The summed E-state index contributed by atoms with van der Waals surface area (Å²) in [4.78, 5) is 13.8. The number of nitrogens with one attached hydrogen (secondary N) is 1. The van der Waals surface area contributed by atoms with Gasteiger partial charge in [-0.05, 0) is 67.5 Å². The zero-order valence-corrected chi connectivity index (χ0v) is 24.2. The molecule has 0 saturated heterocycles. The summed E-state index contributed by atoms with van der Waals surface area (Å²) < 4.78 is 28.8. The monoisotopic (exact) mass is 549 g/mol. The third-order valence-corrected chi connectivity index (χ3v) is 7.22. The summed E-state index contributed by atoms with van der Waals surface area (Å²) in [5.74, 6) is -1.56. The van der Waals surface area contributed by atoms with Gasteiger partial charge in [-0.15, -0.1) is 0 Å². The lowest BCUT2D eigenvalue weighted by Gasteiger charge is -2.38. The van der Waals surface area contributed by atoms with E-state index in [4.69, 9.17) is 16.7 Å². The van der Waals surface area contributed by atoms with Crippen molar-refractivity contribution in [1.82, 2.24) is 5.32 Å². The molecule has 0 aliphatic carbocycles. The van der Waals surface area contributed by atoms with Crippen molar-refractivity contribution < 1.29 is 18.7 Å². The molecule has 0 bridgehead atoms. The fourth-order valence-electron chi connectivity index (χ4n) is 4.64. The van der Waals surface area contributed by atoms with Crippen molar-refractivity contribution in [2.24, 2.45) is 16.4 Å². The second-order valence-electron chi connectivity index (χ2n) is 10.4. The molecule has 2 N–H and O–H groups in total. The summed E-state index contributed by atoms with van der Waals surface area (Å²) in [7, 11) is 0. The molecule has 0 fully saturated rings. The lowest BCUT2D eigenvalue weighted by Crippen LogP contribution is -2.58. The van der Waals surface area contributed by atoms with Crippen LogP contribution < -0.4 is 10.3 Å². The Labute approximate surface area is 231 Å². The molecule has 5 nitrogen and oxygen atoms in total. The number of benzene rings is 2. The second-order valence-corrected chi connectivity index (χ2v) is 10.9. The van der Waals surface area contributed by atoms with E-state index in [2.05, 4.69) is 12.2 Å². The minimum absolute atomic E-state index is 0.0657. The van der Waals surface area contributed by atoms with E-state index in [1.165, 1.54) is 29.3 Å². The van der Waals surface area contributed by atoms with Gasteiger partial charge in [-0.2, -0.15) is 5.10 Å². The van der Waals surface area contributed by atoms with E-state index in [0.29, 0.717) is 30.7 Å². The summed E-state index contributed by atoms with van der Waals surface area (Å²) in [5.41, 5.74) is 0.00953. The molecule has 1 heterocycles. The number of carbonyl (C=O) groups is 1. The van der Waals surface area contributed by atoms with Crippen molar-refractivity contribution in [2.45, 2.75) is 79.2 Å². The minimum atomic E-state index is -1.22. The van der Waals surface area contributed by atoms with Gasteiger partial charge >= 0.3 is 0 Å². The number of aliphatic hydroxyl groups excluding tert-OH is 1. The number of hydrazone groups is 1. The number of hydrogen-bond acceptors (Lipinski definition) is 4. The molecule has 2 aromatic rings. The molecule has 2 unspecified atom stereocenters. The third-order valence-electron chi connectivity index (χ3n) is 6.98. The largest absolute Gasteiger partial charge is 0.396 e. The minimum Gasteiger partial charge on any atom is -0.396 e. The molecular formula is C30H42ClF2N3O2. The molecular weight excluding hydrogens is 508 g/mol. The maximum absolute atomic E-state index is 15.1. The average molecular weight is 550 g/mol. The molecule has 1 amide bonds. The quantitative estimate of drug-likeness (QED) is 0.288. The Morgan fingerprint density at radius 3 is 2.39 bits per heavy atom. The predicted molar refractivity (Wildman–Crippen MR) is 153 cm³/mol. The summed E-state index contributed by atoms with van der Waals surface area (Å²) in [6, 6.07) is 10.3. The van der Waals surface area contributed by atoms with Crippen molar-refractivity contribution in [3.63, 3.8) is 0 Å². The first-order valence-corrected chi connectivity index (χ1v) is 13.9. The number of amides is 1. The molecule has 210 valence electrons. The van der Waals surface area contributed by atoms with Crippen molar-refractivity contribution in [3.05, 3.63) is 64.7 Å². The van der Waals surface area contributed by atoms with Crippen LogP contribution in [0.1, 0.15) is 79.2 Å². The van der Waals surface area contributed by atoms with Crippen molar-refractivity contribution >= 4 is 28.9 Å². The van der Waals surface area contributed by atoms with Crippen molar-refractivity contribution in [3.8, 4) is 0 Å². The Morgan fingerprint density at radius 2 is 1.82 bits per heavy atom. The van der Waals surface area contributed by atoms with Gasteiger partial charge in [0.15, 0.2) is 0 Å². The van der Waals surface area contributed by atoms with E-state index in [9.17, 15) is 14.3 Å². The summed E-state index contributed by atoms with van der Waals surface area (Å²) in [5, 5.41) is 19.1. The topological polar surface area (TPSA) is 64.9 Å². The number of anilines is 1. The van der Waals surface area contributed by atoms with Gasteiger partial charge in [-0.1, -0.05) is 71.2 Å². The molecule has 8 heteroatoms. The van der Waals surface area contributed by atoms with Crippen LogP contribution in [0.15, 0.2) is 47.6 Å². The lowest BCUT2D eigenvalue weighted by molar-refractivity contribution is -0.126. The maximum atomic E-state index is 15.1. The molecule has 38 heavy (non-hydrogen) atoms. The van der Waals surface area contributed by atoms with Gasteiger partial charge in [0, 0.05) is 24.1 Å². The molecule has 0 saturated carbocycles. The smallest absolute Gasteiger partial charge is 0.248 e. The Morgan fingerprint density at radius 1 is 1.16 bits per heavy atom. The van der Waals surface area contributed by atoms with Gasteiger partial charge in [0.2, 0.25) is 5.91 Å². The van der Waals surface area contributed by atoms with E-state index in [1.807, 2.05) is 27.7 Å². The van der Waals surface area contributed by atoms with E-state index in [-0.39, 0.29) is 40.4 Å². The highest BCUT2D eigenvalue weighted by Gasteiger charge is 2.54. The summed E-state index contributed by atoms with van der Waals surface area (Å²) >= 11 is 6.00. The van der Waals surface area contributed by atoms with Crippen molar-refractivity contribution in [1.29, 1.82) is 0 Å². The number of halogens is 3. The number of nitrogens with zero attached hydrogens (tertiary/aromatic N) is 2. The normalized spacial score (nSPS) is 19.1. The highest BCUT2D eigenvalue weighted by atomic mass is 35.5. The van der Waals surface area contributed by atoms with Crippen LogP contribution in [0.4, 0.5) is 14.5 Å². The summed E-state index contributed by atoms with van der Waals surface area (Å²) in [6.07, 6.45) is 3.84. The first-order valence-electron chi connectivity index (χ1n) is 13.5. The van der Waals surface area contributed by atoms with Crippen LogP contribution in [0.5, 0.6) is 0 Å². The Bertz CT molecular complexity index is 1090. The van der Waals surface area contributed by atoms with Crippen LogP contribution >= 0.6 is 11.6 Å². The van der Waals surface area contributed by atoms with Gasteiger partial charge in [-0.3, -0.25) is 4.79 Å². The fourth-order valence-corrected chi connectivity index (χ4v) is 4.80. The summed E-state index contributed by atoms with van der Waals surface area (Å²) in [6.45, 7) is 12.3. The molecule has 3 rings (SSSR count). The highest BCUT2D eigenvalue weighted by molar-refractivity contribution is 6.30. The van der Waals surface area contributed by atoms with Gasteiger partial charge in [0.05, 0.1) is 11.4 Å². The molecule has 0 aromatic heterocycles. The number of aliphatic hydroxyl groups is 1. The zero-order valence-electron chi connectivity index (χ0n) is 23.5. The standard InChI is InChI=1S/C28H36ClF2N3O2.C2H6/c1-5-6-8-22-25(19-9-12-21(30)13-10-19)33-34(24-14-11-20(29)17-23(24)31)28(22,4)26(36)32-16-7-15-27(2,3)18-35;1-2/h9-14,17,22,35H,5-8,15-16,18H2,1-4H3,(H,32,36);1-2H3. The second kappa shape index (κ2) is 14.0. The van der Waals surface area contributed by atoms with Gasteiger partial charge in [0.1, 0.15) is 17.2 Å². The van der Waals surface area contributed by atoms with Crippen LogP contribution in [0.2, 0.25) is 5.02 Å².